The molecule has 10 N–H and O–H groups in total. The number of carbonyl (C=O) groups is 4. The van der Waals surface area contributed by atoms with Gasteiger partial charge >= 0.3 is 24.1 Å². The van der Waals surface area contributed by atoms with E-state index in [0.717, 1.165) is 58.6 Å². The van der Waals surface area contributed by atoms with Gasteiger partial charge in [0.25, 0.3) is 0 Å². The first-order valence-electron chi connectivity index (χ1n) is 28.1. The highest BCUT2D eigenvalue weighted by atomic mass is 19.1. The van der Waals surface area contributed by atoms with Gasteiger partial charge in [0.1, 0.15) is 50.9 Å². The largest absolute Gasteiger partial charge is 0.324 e. The van der Waals surface area contributed by atoms with Crippen molar-refractivity contribution in [2.75, 3.05) is 42.5 Å². The highest BCUT2D eigenvalue weighted by Gasteiger charge is 2.17. The van der Waals surface area contributed by atoms with Gasteiger partial charge in [-0.3, -0.25) is 0 Å². The molecule has 0 bridgehead atoms. The summed E-state index contributed by atoms with van der Waals surface area (Å²) in [4.78, 5) is 53.9. The SMILES string of the molecule is O=C(Nc1ccccc1)Nc1ccc(C[NH+](Cc2ccccc2)Cc2ccc(NC(=O)Nc3ccc(-c4cccc(C[NH+](Cc5ccc(NC(=O)Nc6ccc(F)cc6)cc5)Cc5ccc(NC(=O)Nc6ccc(F)cc6)cc5)c4)cc3)cc2)cc1. The number of hydrogen-bond acceptors (Lipinski definition) is 4. The van der Waals surface area contributed by atoms with Gasteiger partial charge in [-0.25, -0.2) is 28.0 Å². The number of halogens is 2. The molecule has 1 unspecified atom stereocenters. The van der Waals surface area contributed by atoms with Crippen LogP contribution in [0.3, 0.4) is 0 Å². The number of carbonyl (C=O) groups excluding carboxylic acids is 4. The van der Waals surface area contributed by atoms with Crippen molar-refractivity contribution in [1.82, 2.24) is 0 Å². The summed E-state index contributed by atoms with van der Waals surface area (Å²) in [6.07, 6.45) is 0. The number of urea groups is 4. The van der Waals surface area contributed by atoms with Crippen molar-refractivity contribution in [2.45, 2.75) is 39.3 Å². The van der Waals surface area contributed by atoms with Crippen LogP contribution in [0.15, 0.2) is 255 Å². The quantitative estimate of drug-likeness (QED) is 0.0345. The van der Waals surface area contributed by atoms with E-state index in [0.29, 0.717) is 65.1 Å². The predicted octanol–water partition coefficient (Wildman–Crippen LogP) is 13.8. The van der Waals surface area contributed by atoms with E-state index in [9.17, 15) is 28.0 Å². The molecule has 0 saturated carbocycles. The van der Waals surface area contributed by atoms with Crippen molar-refractivity contribution in [1.29, 1.82) is 0 Å². The highest BCUT2D eigenvalue weighted by molar-refractivity contribution is 6.02. The molecule has 0 saturated heterocycles. The van der Waals surface area contributed by atoms with E-state index in [1.54, 1.807) is 0 Å². The number of quaternary nitrogens is 2. The zero-order valence-corrected chi connectivity index (χ0v) is 46.9. The van der Waals surface area contributed by atoms with Gasteiger partial charge in [0.2, 0.25) is 0 Å². The Morgan fingerprint density at radius 3 is 0.814 bits per heavy atom. The fourth-order valence-corrected chi connectivity index (χ4v) is 9.90. The molecule has 0 spiro atoms. The molecule has 1 atom stereocenters. The predicted molar refractivity (Wildman–Crippen MR) is 338 cm³/mol. The Balaban J connectivity index is 0.746. The van der Waals surface area contributed by atoms with E-state index in [1.807, 2.05) is 164 Å². The van der Waals surface area contributed by atoms with Crippen LogP contribution in [-0.2, 0) is 39.3 Å². The second-order valence-corrected chi connectivity index (χ2v) is 20.8. The van der Waals surface area contributed by atoms with Crippen LogP contribution in [-0.4, -0.2) is 24.1 Å². The molecule has 8 amide bonds. The summed E-state index contributed by atoms with van der Waals surface area (Å²) < 4.78 is 26.8. The minimum atomic E-state index is -0.448. The average Bonchev–Trinajstić information content (AvgIpc) is 3.72. The maximum Gasteiger partial charge on any atom is 0.323 e. The number of amides is 8. The lowest BCUT2D eigenvalue weighted by Crippen LogP contribution is -3.08. The number of rotatable bonds is 21. The second-order valence-electron chi connectivity index (χ2n) is 20.8. The van der Waals surface area contributed by atoms with E-state index in [-0.39, 0.29) is 12.1 Å². The smallest absolute Gasteiger partial charge is 0.323 e. The molecule has 0 aromatic heterocycles. The third-order valence-electron chi connectivity index (χ3n) is 14.1. The van der Waals surface area contributed by atoms with Crippen LogP contribution in [0.25, 0.3) is 11.1 Å². The minimum absolute atomic E-state index is 0.305. The van der Waals surface area contributed by atoms with Gasteiger partial charge in [0.15, 0.2) is 0 Å². The summed E-state index contributed by atoms with van der Waals surface area (Å²) in [6, 6.07) is 76.5. The van der Waals surface area contributed by atoms with Crippen molar-refractivity contribution < 1.29 is 37.8 Å². The summed E-state index contributed by atoms with van der Waals surface area (Å²) in [5.74, 6) is -0.785. The van der Waals surface area contributed by atoms with E-state index in [1.165, 1.54) is 63.9 Å². The van der Waals surface area contributed by atoms with Crippen LogP contribution in [0.4, 0.5) is 73.5 Å². The molecule has 86 heavy (non-hydrogen) atoms. The molecule has 10 rings (SSSR count). The molecular weight excluding hydrogens is 1080 g/mol. The highest BCUT2D eigenvalue weighted by Crippen LogP contribution is 2.24. The Hall–Kier alpha value is -10.9. The number of anilines is 8. The lowest BCUT2D eigenvalue weighted by molar-refractivity contribution is -0.941. The number of benzene rings is 10. The maximum atomic E-state index is 13.4. The topological polar surface area (TPSA) is 173 Å². The van der Waals surface area contributed by atoms with Gasteiger partial charge < -0.3 is 52.3 Å². The maximum absolute atomic E-state index is 13.4. The molecule has 0 aliphatic heterocycles. The Labute approximate surface area is 497 Å². The van der Waals surface area contributed by atoms with Crippen molar-refractivity contribution in [3.63, 3.8) is 0 Å². The van der Waals surface area contributed by atoms with Gasteiger partial charge in [-0.2, -0.15) is 0 Å². The third kappa shape index (κ3) is 18.0. The van der Waals surface area contributed by atoms with Gasteiger partial charge in [-0.05, 0) is 139 Å². The van der Waals surface area contributed by atoms with Gasteiger partial charge in [0, 0.05) is 78.9 Å². The molecule has 16 heteroatoms. The number of nitrogens with one attached hydrogen (secondary N) is 10. The lowest BCUT2D eigenvalue weighted by atomic mass is 10.0. The molecule has 0 aliphatic carbocycles. The zero-order valence-electron chi connectivity index (χ0n) is 46.9. The van der Waals surface area contributed by atoms with Crippen LogP contribution in [0.5, 0.6) is 0 Å². The Morgan fingerprint density at radius 2 is 0.488 bits per heavy atom. The monoisotopic (exact) mass is 1150 g/mol. The first kappa shape index (κ1) is 58.3. The molecule has 0 fully saturated rings. The normalized spacial score (nSPS) is 11.2. The van der Waals surface area contributed by atoms with Crippen LogP contribution in [0.1, 0.15) is 33.4 Å². The summed E-state index contributed by atoms with van der Waals surface area (Å²) >= 11 is 0. The zero-order chi connectivity index (χ0) is 59.5. The van der Waals surface area contributed by atoms with Gasteiger partial charge in [0.05, 0.1) is 0 Å². The molecule has 430 valence electrons. The summed E-state index contributed by atoms with van der Waals surface area (Å²) in [7, 11) is 0. The molecule has 0 aliphatic rings. The van der Waals surface area contributed by atoms with Crippen molar-refractivity contribution in [3.05, 3.63) is 300 Å². The van der Waals surface area contributed by atoms with Crippen LogP contribution in [0.2, 0.25) is 0 Å². The second kappa shape index (κ2) is 28.8. The third-order valence-corrected chi connectivity index (χ3v) is 14.1. The summed E-state index contributed by atoms with van der Waals surface area (Å²) in [5.41, 5.74) is 13.5. The van der Waals surface area contributed by atoms with Gasteiger partial charge in [-0.15, -0.1) is 0 Å². The van der Waals surface area contributed by atoms with Crippen molar-refractivity contribution >= 4 is 69.6 Å². The van der Waals surface area contributed by atoms with Gasteiger partial charge in [-0.1, -0.05) is 127 Å². The first-order chi connectivity index (χ1) is 41.9. The van der Waals surface area contributed by atoms with Crippen LogP contribution >= 0.6 is 0 Å². The molecule has 0 radical (unpaired) electrons. The van der Waals surface area contributed by atoms with E-state index in [2.05, 4.69) is 85.0 Å². The van der Waals surface area contributed by atoms with E-state index in [4.69, 9.17) is 0 Å². The fourth-order valence-electron chi connectivity index (χ4n) is 9.90. The Morgan fingerprint density at radius 1 is 0.244 bits per heavy atom. The van der Waals surface area contributed by atoms with E-state index < -0.39 is 23.7 Å². The Bertz CT molecular complexity index is 3740. The molecule has 14 nitrogen and oxygen atoms in total. The first-order valence-corrected chi connectivity index (χ1v) is 28.1. The average molecular weight is 1150 g/mol. The molecule has 10 aromatic rings. The van der Waals surface area contributed by atoms with Crippen LogP contribution in [0, 0.1) is 11.6 Å². The minimum Gasteiger partial charge on any atom is -0.324 e. The molecular formula is C70H64F2N10O4+2. The summed E-state index contributed by atoms with van der Waals surface area (Å²) in [5, 5.41) is 22.8. The van der Waals surface area contributed by atoms with Crippen LogP contribution < -0.4 is 52.3 Å². The standard InChI is InChI=1S/C70H62F2N10O4/c71-57-24-38-65(39-25-57)79-69(85)76-62-32-18-52(19-33-62)46-82(47-53-20-34-63(35-21-53)77-70(86)80-66-40-26-58(72)27-41-66)48-54-10-7-11-56(42-54)55-22-36-64(37-23-55)78-68(84)75-61-30-16-51(17-31-61)45-81(43-49-8-3-1-4-9-49)44-50-14-28-60(29-15-50)74-67(83)73-59-12-5-2-6-13-59/h1-42H,43-48H2,(H2,73,74,83)(H2,75,78,84)(H2,76,79,85)(H2,77,80,86)/p+2. The number of hydrogen-bond donors (Lipinski definition) is 10. The van der Waals surface area contributed by atoms with Crippen molar-refractivity contribution in [2.24, 2.45) is 0 Å². The van der Waals surface area contributed by atoms with E-state index >= 15 is 0 Å². The molecule has 0 heterocycles. The Kier molecular flexibility index (Phi) is 19.5. The number of para-hydroxylation sites is 1. The lowest BCUT2D eigenvalue weighted by Gasteiger charge is -2.21. The molecule has 10 aromatic carbocycles. The summed E-state index contributed by atoms with van der Waals surface area (Å²) in [6.45, 7) is 4.25. The van der Waals surface area contributed by atoms with Crippen molar-refractivity contribution in [3.8, 4) is 11.1 Å². The fraction of sp³-hybridized carbons (Fsp3) is 0.0857.